The molecule has 0 spiro atoms. The molecule has 3 aliphatic heterocycles. The molecule has 0 aromatic heterocycles. The van der Waals surface area contributed by atoms with Crippen molar-refractivity contribution in [1.82, 2.24) is 36.4 Å². The topological polar surface area (TPSA) is 354 Å². The molecule has 1 aromatic rings. The number of unbranched alkanes of at least 4 members (excludes halogenated alkanes) is 5. The fraction of sp³-hybridized carbons (Fsp3) is 0.740. The highest BCUT2D eigenvalue weighted by Crippen LogP contribution is 2.26. The van der Waals surface area contributed by atoms with Gasteiger partial charge in [-0.3, -0.25) is 33.6 Å². The SMILES string of the molecule is CCC(C)CC(C)CCCCCCCCC(=O)NC1CC(O)CNC(=O)C2C(O)CCN2C(=O)C(C(O)CCN)NC(=O)C(C(O)C(O)c2ccc(O)cc2)NC(=O)C2CC(O)CN2C(=O)C(CC)NC1=O. The van der Waals surface area contributed by atoms with E-state index in [1.54, 1.807) is 6.92 Å². The Bertz CT molecular complexity index is 1950. The minimum Gasteiger partial charge on any atom is -0.508 e. The summed E-state index contributed by atoms with van der Waals surface area (Å²) in [6.45, 7) is 6.96. The summed E-state index contributed by atoms with van der Waals surface area (Å²) in [6, 6.07) is -5.16. The summed E-state index contributed by atoms with van der Waals surface area (Å²) >= 11 is 0. The quantitative estimate of drug-likeness (QED) is 0.0686. The van der Waals surface area contributed by atoms with E-state index in [0.29, 0.717) is 18.3 Å². The highest BCUT2D eigenvalue weighted by molar-refractivity contribution is 5.98. The molecule has 0 radical (unpaired) electrons. The zero-order valence-corrected chi connectivity index (χ0v) is 42.3. The fourth-order valence-corrected chi connectivity index (χ4v) is 9.78. The minimum atomic E-state index is -2.21. The van der Waals surface area contributed by atoms with Crippen molar-refractivity contribution in [2.75, 3.05) is 26.2 Å². The summed E-state index contributed by atoms with van der Waals surface area (Å²) < 4.78 is 0. The van der Waals surface area contributed by atoms with Crippen LogP contribution in [-0.4, -0.2) is 180 Å². The van der Waals surface area contributed by atoms with Crippen LogP contribution in [0.15, 0.2) is 24.3 Å². The summed E-state index contributed by atoms with van der Waals surface area (Å²) in [5, 5.41) is 89.6. The number of phenolic OH excluding ortho intramolecular Hbond substituents is 1. The lowest BCUT2D eigenvalue weighted by molar-refractivity contribution is -0.147. The molecular weight excluding hydrogens is 937 g/mol. The first-order valence-electron chi connectivity index (χ1n) is 25.9. The summed E-state index contributed by atoms with van der Waals surface area (Å²) in [5.74, 6) is -5.47. The summed E-state index contributed by atoms with van der Waals surface area (Å²) in [7, 11) is 0. The standard InChI is InChI=1S/C50H82N8O14/c1-5-28(3)23-29(4)13-11-9-7-8-10-12-14-39(64)53-35-24-32(60)26-52-48(70)42-38(63)20-22-57(42)50(72)40(37(62)19-21-51)55-47(69)41(44(66)43(65)30-15-17-31(59)18-16-30)56-46(68)36-25-33(61)27-58(36)49(71)34(6-2)54-45(35)67/h15-18,28-29,32-38,40-44,59-63,65-66H,5-14,19-27,51H2,1-4H3,(H,52,70)(H,53,64)(H,54,67)(H,55,69)(H,56,68). The lowest BCUT2D eigenvalue weighted by Crippen LogP contribution is -2.64. The number of fused-ring (bicyclic) bond motifs is 2. The summed E-state index contributed by atoms with van der Waals surface area (Å²) in [4.78, 5) is 100. The van der Waals surface area contributed by atoms with E-state index in [2.05, 4.69) is 47.4 Å². The third kappa shape index (κ3) is 17.1. The van der Waals surface area contributed by atoms with Crippen LogP contribution < -0.4 is 32.3 Å². The van der Waals surface area contributed by atoms with Crippen LogP contribution in [0, 0.1) is 11.8 Å². The van der Waals surface area contributed by atoms with E-state index in [9.17, 15) is 69.3 Å². The second-order valence-corrected chi connectivity index (χ2v) is 20.1. The highest BCUT2D eigenvalue weighted by atomic mass is 16.3. The van der Waals surface area contributed by atoms with E-state index in [1.807, 2.05) is 0 Å². The zero-order valence-electron chi connectivity index (χ0n) is 42.3. The zero-order chi connectivity index (χ0) is 53.2. The van der Waals surface area contributed by atoms with Crippen molar-refractivity contribution in [3.8, 4) is 5.75 Å². The number of rotatable bonds is 20. The van der Waals surface area contributed by atoms with Crippen molar-refractivity contribution in [3.63, 3.8) is 0 Å². The molecule has 406 valence electrons. The van der Waals surface area contributed by atoms with Crippen LogP contribution in [-0.2, 0) is 33.6 Å². The number of β-amino-alcohol motifs (C(OH)–C–C–N with tert-alkyl or cyclic N) is 1. The van der Waals surface area contributed by atoms with Gasteiger partial charge in [-0.25, -0.2) is 0 Å². The molecular formula is C50H82N8O14. The number of nitrogens with zero attached hydrogens (tertiary/aromatic N) is 2. The fourth-order valence-electron chi connectivity index (χ4n) is 9.78. The van der Waals surface area contributed by atoms with Gasteiger partial charge in [0, 0.05) is 38.9 Å². The van der Waals surface area contributed by atoms with Gasteiger partial charge in [0.1, 0.15) is 54.2 Å². The molecule has 22 nitrogen and oxygen atoms in total. The number of aliphatic hydroxyl groups is 6. The second kappa shape index (κ2) is 29.1. The average molecular weight is 1020 g/mol. The molecule has 3 saturated heterocycles. The van der Waals surface area contributed by atoms with E-state index in [4.69, 9.17) is 5.73 Å². The molecule has 3 fully saturated rings. The molecule has 14 atom stereocenters. The molecule has 7 amide bonds. The number of nitrogens with two attached hydrogens (primary N) is 1. The Morgan fingerprint density at radius 3 is 2.07 bits per heavy atom. The first-order valence-corrected chi connectivity index (χ1v) is 25.9. The van der Waals surface area contributed by atoms with Crippen LogP contribution >= 0.6 is 0 Å². The number of phenols is 1. The van der Waals surface area contributed by atoms with Gasteiger partial charge in [0.05, 0.1) is 24.4 Å². The normalized spacial score (nSPS) is 28.3. The van der Waals surface area contributed by atoms with Gasteiger partial charge in [-0.2, -0.15) is 0 Å². The molecule has 1 aromatic carbocycles. The van der Waals surface area contributed by atoms with Gasteiger partial charge in [-0.15, -0.1) is 0 Å². The number of hydrogen-bond donors (Lipinski definition) is 13. The number of benzene rings is 1. The average Bonchev–Trinajstić information content (AvgIpc) is 3.94. The highest BCUT2D eigenvalue weighted by Gasteiger charge is 2.48. The molecule has 3 aliphatic rings. The maximum atomic E-state index is 14.4. The third-order valence-corrected chi connectivity index (χ3v) is 14.2. The van der Waals surface area contributed by atoms with Gasteiger partial charge in [0.25, 0.3) is 0 Å². The number of aromatic hydroxyl groups is 1. The van der Waals surface area contributed by atoms with Crippen LogP contribution in [0.4, 0.5) is 0 Å². The predicted molar refractivity (Wildman–Crippen MR) is 263 cm³/mol. The Morgan fingerprint density at radius 2 is 1.42 bits per heavy atom. The molecule has 0 aliphatic carbocycles. The van der Waals surface area contributed by atoms with E-state index in [1.165, 1.54) is 43.5 Å². The number of carbonyl (C=O) groups is 7. The second-order valence-electron chi connectivity index (χ2n) is 20.1. The van der Waals surface area contributed by atoms with Gasteiger partial charge in [0.15, 0.2) is 0 Å². The van der Waals surface area contributed by atoms with E-state index in [0.717, 1.165) is 41.9 Å². The van der Waals surface area contributed by atoms with Gasteiger partial charge in [0.2, 0.25) is 41.4 Å². The molecule has 14 N–H and O–H groups in total. The first-order chi connectivity index (χ1) is 34.2. The number of carbonyl (C=O) groups excluding carboxylic acids is 7. The van der Waals surface area contributed by atoms with Crippen molar-refractivity contribution >= 4 is 41.4 Å². The molecule has 0 saturated carbocycles. The van der Waals surface area contributed by atoms with Crippen molar-refractivity contribution in [2.24, 2.45) is 17.6 Å². The molecule has 4 rings (SSSR count). The van der Waals surface area contributed by atoms with Crippen molar-refractivity contribution < 1.29 is 69.3 Å². The van der Waals surface area contributed by atoms with Crippen molar-refractivity contribution in [3.05, 3.63) is 29.8 Å². The number of hydrogen-bond acceptors (Lipinski definition) is 15. The van der Waals surface area contributed by atoms with E-state index >= 15 is 0 Å². The lowest BCUT2D eigenvalue weighted by atomic mass is 9.91. The van der Waals surface area contributed by atoms with Crippen LogP contribution in [0.3, 0.4) is 0 Å². The lowest BCUT2D eigenvalue weighted by Gasteiger charge is -2.34. The monoisotopic (exact) mass is 1020 g/mol. The molecule has 72 heavy (non-hydrogen) atoms. The Kier molecular flexibility index (Phi) is 24.0. The van der Waals surface area contributed by atoms with Crippen LogP contribution in [0.1, 0.15) is 136 Å². The van der Waals surface area contributed by atoms with Crippen LogP contribution in [0.25, 0.3) is 0 Å². The Morgan fingerprint density at radius 1 is 0.764 bits per heavy atom. The molecule has 0 bridgehead atoms. The smallest absolute Gasteiger partial charge is 0.248 e. The van der Waals surface area contributed by atoms with Crippen LogP contribution in [0.5, 0.6) is 5.75 Å². The summed E-state index contributed by atoms with van der Waals surface area (Å²) in [5.41, 5.74) is 5.70. The Hall–Kier alpha value is -4.97. The van der Waals surface area contributed by atoms with Crippen LogP contribution in [0.2, 0.25) is 0 Å². The van der Waals surface area contributed by atoms with Crippen molar-refractivity contribution in [1.29, 1.82) is 0 Å². The maximum absolute atomic E-state index is 14.4. The number of amides is 7. The van der Waals surface area contributed by atoms with Crippen molar-refractivity contribution in [2.45, 2.75) is 197 Å². The van der Waals surface area contributed by atoms with Gasteiger partial charge in [-0.1, -0.05) is 84.8 Å². The molecule has 22 heteroatoms. The maximum Gasteiger partial charge on any atom is 0.248 e. The van der Waals surface area contributed by atoms with E-state index < -0.39 is 134 Å². The van der Waals surface area contributed by atoms with E-state index in [-0.39, 0.29) is 56.5 Å². The molecule has 14 unspecified atom stereocenters. The first kappa shape index (κ1) is 59.6. The number of aliphatic hydroxyl groups excluding tert-OH is 6. The van der Waals surface area contributed by atoms with Gasteiger partial charge < -0.3 is 77.9 Å². The van der Waals surface area contributed by atoms with Gasteiger partial charge >= 0.3 is 0 Å². The predicted octanol–water partition coefficient (Wildman–Crippen LogP) is -1.16. The Balaban J connectivity index is 1.63. The molecule has 3 heterocycles. The summed E-state index contributed by atoms with van der Waals surface area (Å²) in [6.07, 6.45) is -2.34. The minimum absolute atomic E-state index is 0.0202. The largest absolute Gasteiger partial charge is 0.508 e. The third-order valence-electron chi connectivity index (χ3n) is 14.2. The van der Waals surface area contributed by atoms with Gasteiger partial charge in [-0.05, 0) is 68.2 Å². The number of nitrogens with one attached hydrogen (secondary N) is 5. The Labute approximate surface area is 422 Å².